The molecule has 0 aliphatic rings. The van der Waals surface area contributed by atoms with Crippen molar-refractivity contribution in [3.8, 4) is 5.82 Å². The summed E-state index contributed by atoms with van der Waals surface area (Å²) in [5.74, 6) is -0.0687. The third kappa shape index (κ3) is 4.89. The standard InChI is InChI=1S/C19H23ClN6O3S/c1-4-5-9-22-30(28,29)24-17(27)7-6-16-13(2)23-25(3)19(16)26-10-8-14-11-15(20)12-21-18(14)26/h6-8,10-12,22H,4-5,9H2,1-3H3,(H,24,27). The van der Waals surface area contributed by atoms with E-state index in [2.05, 4.69) is 14.8 Å². The Balaban J connectivity index is 1.88. The molecule has 1 amide bonds. The fourth-order valence-electron chi connectivity index (χ4n) is 3.06. The molecule has 0 unspecified atom stereocenters. The number of carbonyl (C=O) groups is 1. The predicted molar refractivity (Wildman–Crippen MR) is 117 cm³/mol. The van der Waals surface area contributed by atoms with Crippen LogP contribution in [0.5, 0.6) is 0 Å². The third-order valence-electron chi connectivity index (χ3n) is 4.42. The van der Waals surface area contributed by atoms with Gasteiger partial charge in [-0.2, -0.15) is 18.2 Å². The van der Waals surface area contributed by atoms with Crippen LogP contribution in [0.15, 0.2) is 30.6 Å². The predicted octanol–water partition coefficient (Wildman–Crippen LogP) is 2.48. The van der Waals surface area contributed by atoms with Crippen molar-refractivity contribution in [2.75, 3.05) is 6.54 Å². The molecule has 160 valence electrons. The maximum atomic E-state index is 12.2. The van der Waals surface area contributed by atoms with Crippen LogP contribution in [0.1, 0.15) is 31.0 Å². The highest BCUT2D eigenvalue weighted by atomic mass is 35.5. The number of hydrogen-bond acceptors (Lipinski definition) is 5. The second-order valence-electron chi connectivity index (χ2n) is 6.75. The van der Waals surface area contributed by atoms with Gasteiger partial charge in [-0.05, 0) is 31.6 Å². The molecule has 0 spiro atoms. The molecule has 3 rings (SSSR count). The van der Waals surface area contributed by atoms with Crippen LogP contribution in [-0.4, -0.2) is 40.2 Å². The highest BCUT2D eigenvalue weighted by Gasteiger charge is 2.17. The van der Waals surface area contributed by atoms with Crippen molar-refractivity contribution in [3.05, 3.63) is 46.9 Å². The zero-order chi connectivity index (χ0) is 21.9. The SMILES string of the molecule is CCCCNS(=O)(=O)NC(=O)C=Cc1c(C)nn(C)c1-n1ccc2cc(Cl)cnc21. The van der Waals surface area contributed by atoms with Gasteiger partial charge in [-0.15, -0.1) is 0 Å². The van der Waals surface area contributed by atoms with Crippen molar-refractivity contribution < 1.29 is 13.2 Å². The molecule has 0 saturated heterocycles. The summed E-state index contributed by atoms with van der Waals surface area (Å²) in [4.78, 5) is 16.5. The fraction of sp³-hybridized carbons (Fsp3) is 0.316. The molecule has 0 aliphatic heterocycles. The van der Waals surface area contributed by atoms with E-state index in [0.717, 1.165) is 11.8 Å². The Bertz CT molecular complexity index is 1210. The summed E-state index contributed by atoms with van der Waals surface area (Å²) in [6.07, 6.45) is 7.63. The number of nitrogens with zero attached hydrogens (tertiary/aromatic N) is 4. The van der Waals surface area contributed by atoms with E-state index in [1.54, 1.807) is 24.9 Å². The smallest absolute Gasteiger partial charge is 0.285 e. The summed E-state index contributed by atoms with van der Waals surface area (Å²) >= 11 is 6.02. The van der Waals surface area contributed by atoms with Gasteiger partial charge in [0.1, 0.15) is 11.5 Å². The Labute approximate surface area is 179 Å². The number of halogens is 1. The number of hydrogen-bond donors (Lipinski definition) is 2. The first kappa shape index (κ1) is 22.0. The van der Waals surface area contributed by atoms with E-state index in [0.29, 0.717) is 34.2 Å². The van der Waals surface area contributed by atoms with Crippen molar-refractivity contribution in [3.63, 3.8) is 0 Å². The van der Waals surface area contributed by atoms with Gasteiger partial charge in [-0.25, -0.2) is 9.71 Å². The van der Waals surface area contributed by atoms with Crippen LogP contribution in [0.3, 0.4) is 0 Å². The van der Waals surface area contributed by atoms with Gasteiger partial charge in [-0.3, -0.25) is 14.0 Å². The molecule has 0 radical (unpaired) electrons. The first-order valence-electron chi connectivity index (χ1n) is 9.38. The minimum absolute atomic E-state index is 0.270. The number of fused-ring (bicyclic) bond motifs is 1. The van der Waals surface area contributed by atoms with Crippen LogP contribution < -0.4 is 9.44 Å². The van der Waals surface area contributed by atoms with E-state index < -0.39 is 16.1 Å². The summed E-state index contributed by atoms with van der Waals surface area (Å²) in [5, 5.41) is 5.82. The quantitative estimate of drug-likeness (QED) is 0.404. The lowest BCUT2D eigenvalue weighted by molar-refractivity contribution is -0.114. The molecular weight excluding hydrogens is 428 g/mol. The van der Waals surface area contributed by atoms with Gasteiger partial charge in [-0.1, -0.05) is 24.9 Å². The van der Waals surface area contributed by atoms with Gasteiger partial charge >= 0.3 is 10.2 Å². The molecule has 2 N–H and O–H groups in total. The molecule has 0 bridgehead atoms. The maximum absolute atomic E-state index is 12.2. The molecule has 0 aromatic carbocycles. The van der Waals surface area contributed by atoms with E-state index in [1.165, 1.54) is 12.2 Å². The summed E-state index contributed by atoms with van der Waals surface area (Å²) in [5.41, 5.74) is 2.03. The number of pyridine rings is 1. The molecular formula is C19H23ClN6O3S. The van der Waals surface area contributed by atoms with Crippen molar-refractivity contribution in [2.45, 2.75) is 26.7 Å². The van der Waals surface area contributed by atoms with Gasteiger partial charge in [0, 0.05) is 43.0 Å². The summed E-state index contributed by atoms with van der Waals surface area (Å²) in [7, 11) is -2.12. The van der Waals surface area contributed by atoms with Gasteiger partial charge in [0.05, 0.1) is 10.7 Å². The topological polar surface area (TPSA) is 111 Å². The average Bonchev–Trinajstić information content (AvgIpc) is 3.18. The Morgan fingerprint density at radius 2 is 2.13 bits per heavy atom. The number of aryl methyl sites for hydroxylation is 2. The highest BCUT2D eigenvalue weighted by Crippen LogP contribution is 2.25. The number of nitrogens with one attached hydrogen (secondary N) is 2. The zero-order valence-corrected chi connectivity index (χ0v) is 18.5. The summed E-state index contributed by atoms with van der Waals surface area (Å²) in [6, 6.07) is 3.69. The largest absolute Gasteiger partial charge is 0.301 e. The average molecular weight is 451 g/mol. The maximum Gasteiger partial charge on any atom is 0.301 e. The van der Waals surface area contributed by atoms with Crippen molar-refractivity contribution in [2.24, 2.45) is 7.05 Å². The molecule has 3 aromatic heterocycles. The minimum atomic E-state index is -3.90. The van der Waals surface area contributed by atoms with Crippen molar-refractivity contribution in [1.82, 2.24) is 28.8 Å². The van der Waals surface area contributed by atoms with Crippen LogP contribution in [0.25, 0.3) is 22.9 Å². The molecule has 3 aromatic rings. The monoisotopic (exact) mass is 450 g/mol. The number of aromatic nitrogens is 4. The van der Waals surface area contributed by atoms with Crippen molar-refractivity contribution in [1.29, 1.82) is 0 Å². The van der Waals surface area contributed by atoms with Gasteiger partial charge in [0.25, 0.3) is 5.91 Å². The molecule has 0 fully saturated rings. The van der Waals surface area contributed by atoms with Crippen LogP contribution in [0.4, 0.5) is 0 Å². The second kappa shape index (κ2) is 8.99. The lowest BCUT2D eigenvalue weighted by Crippen LogP contribution is -2.39. The van der Waals surface area contributed by atoms with Crippen molar-refractivity contribution >= 4 is 44.8 Å². The van der Waals surface area contributed by atoms with Gasteiger partial charge in [0.2, 0.25) is 0 Å². The molecule has 30 heavy (non-hydrogen) atoms. The zero-order valence-electron chi connectivity index (χ0n) is 16.9. The third-order valence-corrected chi connectivity index (χ3v) is 5.68. The van der Waals surface area contributed by atoms with Crippen LogP contribution in [0, 0.1) is 6.92 Å². The Morgan fingerprint density at radius 1 is 1.37 bits per heavy atom. The Morgan fingerprint density at radius 3 is 2.87 bits per heavy atom. The van der Waals surface area contributed by atoms with Crippen LogP contribution >= 0.6 is 11.6 Å². The van der Waals surface area contributed by atoms with Crippen LogP contribution in [0.2, 0.25) is 5.02 Å². The number of amides is 1. The molecule has 0 saturated carbocycles. The van der Waals surface area contributed by atoms with Crippen LogP contribution in [-0.2, 0) is 22.1 Å². The highest BCUT2D eigenvalue weighted by molar-refractivity contribution is 7.88. The molecule has 0 aliphatic carbocycles. The Kier molecular flexibility index (Phi) is 6.59. The normalized spacial score (nSPS) is 12.1. The number of carbonyl (C=O) groups excluding carboxylic acids is 1. The molecule has 3 heterocycles. The first-order valence-corrected chi connectivity index (χ1v) is 11.2. The van der Waals surface area contributed by atoms with E-state index in [4.69, 9.17) is 11.6 Å². The first-order chi connectivity index (χ1) is 14.2. The molecule has 9 nitrogen and oxygen atoms in total. The number of rotatable bonds is 8. The molecule has 0 atom stereocenters. The van der Waals surface area contributed by atoms with E-state index in [-0.39, 0.29) is 6.54 Å². The van der Waals surface area contributed by atoms with E-state index in [9.17, 15) is 13.2 Å². The Hall–Kier alpha value is -2.69. The summed E-state index contributed by atoms with van der Waals surface area (Å²) in [6.45, 7) is 4.02. The van der Waals surface area contributed by atoms with E-state index >= 15 is 0 Å². The lowest BCUT2D eigenvalue weighted by Gasteiger charge is -2.08. The minimum Gasteiger partial charge on any atom is -0.285 e. The van der Waals surface area contributed by atoms with Gasteiger partial charge in [0.15, 0.2) is 0 Å². The molecule has 11 heteroatoms. The lowest BCUT2D eigenvalue weighted by atomic mass is 10.2. The van der Waals surface area contributed by atoms with Gasteiger partial charge < -0.3 is 0 Å². The fourth-order valence-corrected chi connectivity index (χ4v) is 4.04. The van der Waals surface area contributed by atoms with E-state index in [1.807, 2.05) is 34.5 Å². The second-order valence-corrected chi connectivity index (χ2v) is 8.69. The summed E-state index contributed by atoms with van der Waals surface area (Å²) < 4.78 is 31.6. The number of unbranched alkanes of at least 4 members (excludes halogenated alkanes) is 1.